The number of carbonyl (C=O) groups is 1. The summed E-state index contributed by atoms with van der Waals surface area (Å²) in [5, 5.41) is 4.50. The molecule has 2 aromatic heterocycles. The molecule has 3 rings (SSSR count). The second-order valence-electron chi connectivity index (χ2n) is 6.41. The highest BCUT2D eigenvalue weighted by Crippen LogP contribution is 2.50. The number of hydrogen-bond donors (Lipinski definition) is 0. The van der Waals surface area contributed by atoms with E-state index in [1.165, 1.54) is 11.8 Å². The first-order valence-corrected chi connectivity index (χ1v) is 10.4. The second kappa shape index (κ2) is 8.56. The highest BCUT2D eigenvalue weighted by atomic mass is 35.5. The van der Waals surface area contributed by atoms with E-state index in [1.807, 2.05) is 13.0 Å². The number of pyridine rings is 1. The van der Waals surface area contributed by atoms with Crippen LogP contribution in [0.1, 0.15) is 26.2 Å². The molecule has 1 saturated carbocycles. The van der Waals surface area contributed by atoms with Crippen LogP contribution in [0, 0.1) is 5.92 Å². The molecule has 0 spiro atoms. The number of carbonyl (C=O) groups excluding carboxylic acids is 1. The molecule has 0 bridgehead atoms. The van der Waals surface area contributed by atoms with Crippen molar-refractivity contribution in [2.45, 2.75) is 32.1 Å². The van der Waals surface area contributed by atoms with Crippen LogP contribution in [0.3, 0.4) is 0 Å². The van der Waals surface area contributed by atoms with Crippen molar-refractivity contribution in [1.82, 2.24) is 14.8 Å². The van der Waals surface area contributed by atoms with E-state index in [1.54, 1.807) is 34.2 Å². The van der Waals surface area contributed by atoms with Gasteiger partial charge in [-0.15, -0.1) is 0 Å². The van der Waals surface area contributed by atoms with Crippen molar-refractivity contribution in [2.75, 3.05) is 23.0 Å². The fourth-order valence-electron chi connectivity index (χ4n) is 2.83. The molecule has 0 saturated heterocycles. The lowest BCUT2D eigenvalue weighted by Crippen LogP contribution is -2.30. The van der Waals surface area contributed by atoms with E-state index in [0.717, 1.165) is 5.69 Å². The molecular formula is C18H21ClF2N4OS. The summed E-state index contributed by atoms with van der Waals surface area (Å²) in [6.45, 7) is 2.34. The largest absolute Gasteiger partial charge is 0.308 e. The number of anilines is 1. The number of rotatable bonds is 9. The Kier molecular flexibility index (Phi) is 6.37. The predicted molar refractivity (Wildman–Crippen MR) is 104 cm³/mol. The normalized spacial score (nSPS) is 17.7. The zero-order valence-electron chi connectivity index (χ0n) is 14.9. The van der Waals surface area contributed by atoms with Crippen molar-refractivity contribution < 1.29 is 13.6 Å². The number of nitrogens with zero attached hydrogens (tertiary/aromatic N) is 4. The molecule has 2 heterocycles. The van der Waals surface area contributed by atoms with Crippen molar-refractivity contribution in [3.05, 3.63) is 35.9 Å². The predicted octanol–water partition coefficient (Wildman–Crippen LogP) is 4.44. The van der Waals surface area contributed by atoms with E-state index in [9.17, 15) is 13.6 Å². The van der Waals surface area contributed by atoms with Crippen LogP contribution < -0.4 is 4.90 Å². The Morgan fingerprint density at radius 1 is 1.48 bits per heavy atom. The van der Waals surface area contributed by atoms with Crippen LogP contribution in [0.4, 0.5) is 14.5 Å². The highest BCUT2D eigenvalue weighted by molar-refractivity contribution is 7.99. The van der Waals surface area contributed by atoms with Crippen LogP contribution in [0.15, 0.2) is 30.7 Å². The van der Waals surface area contributed by atoms with Gasteiger partial charge in [0.05, 0.1) is 18.1 Å². The van der Waals surface area contributed by atoms with Gasteiger partial charge in [0.2, 0.25) is 5.91 Å². The first-order chi connectivity index (χ1) is 12.9. The van der Waals surface area contributed by atoms with E-state index in [0.29, 0.717) is 36.6 Å². The number of amides is 1. The maximum absolute atomic E-state index is 12.8. The minimum Gasteiger partial charge on any atom is -0.308 e. The average Bonchev–Trinajstić information content (AvgIpc) is 3.08. The Morgan fingerprint density at radius 2 is 2.26 bits per heavy atom. The van der Waals surface area contributed by atoms with Gasteiger partial charge in [0.15, 0.2) is 5.15 Å². The molecule has 1 atom stereocenters. The third kappa shape index (κ3) is 4.99. The topological polar surface area (TPSA) is 51.0 Å². The molecule has 0 N–H and O–H groups in total. The fraction of sp³-hybridized carbons (Fsp3) is 0.500. The van der Waals surface area contributed by atoms with Crippen molar-refractivity contribution in [1.29, 1.82) is 0 Å². The highest BCUT2D eigenvalue weighted by Gasteiger charge is 2.55. The summed E-state index contributed by atoms with van der Waals surface area (Å²) < 4.78 is 27.3. The van der Waals surface area contributed by atoms with Crippen molar-refractivity contribution in [2.24, 2.45) is 5.92 Å². The van der Waals surface area contributed by atoms with Gasteiger partial charge in [0.25, 0.3) is 5.92 Å². The molecule has 0 aromatic carbocycles. The minimum atomic E-state index is -2.46. The molecule has 27 heavy (non-hydrogen) atoms. The first kappa shape index (κ1) is 20.1. The number of halogens is 3. The summed E-state index contributed by atoms with van der Waals surface area (Å²) in [6, 6.07) is 3.64. The Morgan fingerprint density at radius 3 is 2.89 bits per heavy atom. The van der Waals surface area contributed by atoms with Gasteiger partial charge < -0.3 is 4.90 Å². The summed E-state index contributed by atoms with van der Waals surface area (Å²) in [5.74, 6) is -1.73. The minimum absolute atomic E-state index is 0.00945. The summed E-state index contributed by atoms with van der Waals surface area (Å²) in [6.07, 6.45) is 5.88. The number of hydrogen-bond acceptors (Lipinski definition) is 4. The zero-order valence-corrected chi connectivity index (χ0v) is 16.5. The Labute approximate surface area is 166 Å². The number of aromatic nitrogens is 3. The van der Waals surface area contributed by atoms with Gasteiger partial charge >= 0.3 is 0 Å². The van der Waals surface area contributed by atoms with E-state index in [4.69, 9.17) is 11.6 Å². The molecule has 0 radical (unpaired) electrons. The van der Waals surface area contributed by atoms with E-state index in [-0.39, 0.29) is 17.5 Å². The molecule has 146 valence electrons. The molecule has 1 aliphatic rings. The van der Waals surface area contributed by atoms with Gasteiger partial charge in [-0.05, 0) is 31.2 Å². The van der Waals surface area contributed by atoms with Gasteiger partial charge in [0.1, 0.15) is 5.69 Å². The van der Waals surface area contributed by atoms with Gasteiger partial charge in [-0.1, -0.05) is 11.6 Å². The maximum Gasteiger partial charge on any atom is 0.251 e. The second-order valence-corrected chi connectivity index (χ2v) is 7.99. The molecule has 1 aliphatic carbocycles. The number of alkyl halides is 2. The molecule has 0 aliphatic heterocycles. The maximum atomic E-state index is 12.8. The van der Waals surface area contributed by atoms with Crippen LogP contribution in [0.2, 0.25) is 5.15 Å². The summed E-state index contributed by atoms with van der Waals surface area (Å²) in [4.78, 5) is 18.2. The van der Waals surface area contributed by atoms with E-state index in [2.05, 4.69) is 10.1 Å². The van der Waals surface area contributed by atoms with Gasteiger partial charge in [0, 0.05) is 37.3 Å². The molecule has 1 amide bonds. The Hall–Kier alpha value is -1.67. The lowest BCUT2D eigenvalue weighted by atomic mass is 10.3. The third-order valence-electron chi connectivity index (χ3n) is 4.50. The quantitative estimate of drug-likeness (QED) is 0.569. The van der Waals surface area contributed by atoms with Crippen molar-refractivity contribution >= 4 is 35.0 Å². The van der Waals surface area contributed by atoms with Gasteiger partial charge in [-0.25, -0.2) is 13.5 Å². The van der Waals surface area contributed by atoms with Crippen LogP contribution in [0.5, 0.6) is 0 Å². The monoisotopic (exact) mass is 414 g/mol. The summed E-state index contributed by atoms with van der Waals surface area (Å²) in [5.41, 5.74) is 1.30. The average molecular weight is 415 g/mol. The fourth-order valence-corrected chi connectivity index (χ4v) is 4.04. The number of thioether (sulfide) groups is 1. The van der Waals surface area contributed by atoms with Crippen LogP contribution in [-0.4, -0.2) is 44.6 Å². The Balaban J connectivity index is 1.53. The summed E-state index contributed by atoms with van der Waals surface area (Å²) >= 11 is 7.78. The van der Waals surface area contributed by atoms with Crippen molar-refractivity contribution in [3.8, 4) is 5.69 Å². The molecule has 1 unspecified atom stereocenters. The first-order valence-electron chi connectivity index (χ1n) is 8.84. The van der Waals surface area contributed by atoms with E-state index < -0.39 is 11.8 Å². The van der Waals surface area contributed by atoms with Crippen molar-refractivity contribution in [3.63, 3.8) is 0 Å². The lowest BCUT2D eigenvalue weighted by molar-refractivity contribution is -0.118. The molecule has 9 heteroatoms. The zero-order chi connectivity index (χ0) is 19.4. The lowest BCUT2D eigenvalue weighted by Gasteiger charge is -2.19. The third-order valence-corrected chi connectivity index (χ3v) is 5.78. The van der Waals surface area contributed by atoms with Crippen LogP contribution in [-0.2, 0) is 4.79 Å². The van der Waals surface area contributed by atoms with Crippen LogP contribution >= 0.6 is 23.4 Å². The SMILES string of the molecule is CCN(C(=O)CCSCCC1CC1(F)F)c1cn(-c2cccnc2)nc1Cl. The van der Waals surface area contributed by atoms with Crippen LogP contribution in [0.25, 0.3) is 5.69 Å². The van der Waals surface area contributed by atoms with Gasteiger partial charge in [-0.2, -0.15) is 16.9 Å². The molecular weight excluding hydrogens is 394 g/mol. The molecule has 5 nitrogen and oxygen atoms in total. The molecule has 2 aromatic rings. The van der Waals surface area contributed by atoms with Gasteiger partial charge in [-0.3, -0.25) is 9.78 Å². The Bertz CT molecular complexity index is 787. The smallest absolute Gasteiger partial charge is 0.251 e. The standard InChI is InChI=1S/C18H21ClF2N4OS/c1-2-24(16(26)6-9-27-8-5-13-10-18(13,20)21)15-12-25(23-17(15)19)14-4-3-7-22-11-14/h3-4,7,11-13H,2,5-6,8-10H2,1H3. The van der Waals surface area contributed by atoms with E-state index >= 15 is 0 Å². The summed E-state index contributed by atoms with van der Waals surface area (Å²) in [7, 11) is 0. The molecule has 1 fully saturated rings.